The van der Waals surface area contributed by atoms with Crippen LogP contribution in [0.1, 0.15) is 48.5 Å². The number of carbonyl (C=O) groups is 1. The Morgan fingerprint density at radius 2 is 2.13 bits per heavy atom. The average molecular weight is 334 g/mol. The molecule has 4 rings (SSSR count). The van der Waals surface area contributed by atoms with E-state index in [-0.39, 0.29) is 6.04 Å². The highest BCUT2D eigenvalue weighted by Gasteiger charge is 2.45. The van der Waals surface area contributed by atoms with Gasteiger partial charge in [0.2, 0.25) is 4.96 Å². The molecule has 2 fully saturated rings. The van der Waals surface area contributed by atoms with E-state index in [1.54, 1.807) is 11.3 Å². The van der Waals surface area contributed by atoms with Gasteiger partial charge in [0, 0.05) is 12.6 Å². The van der Waals surface area contributed by atoms with Crippen LogP contribution in [0.2, 0.25) is 0 Å². The standard InChI is InChI=1S/C16H22N4O2S/c1-9-14(20-16(17-9)23-10(2)18-20)8-19-12-6-4-3-5-11(12)7-13(19)15(21)22/h11-13H,3-8H2,1-2H3,(H,21,22). The largest absolute Gasteiger partial charge is 0.480 e. The van der Waals surface area contributed by atoms with Gasteiger partial charge in [-0.15, -0.1) is 0 Å². The van der Waals surface area contributed by atoms with Crippen molar-refractivity contribution in [2.45, 2.75) is 64.6 Å². The van der Waals surface area contributed by atoms with E-state index in [4.69, 9.17) is 0 Å². The summed E-state index contributed by atoms with van der Waals surface area (Å²) in [6, 6.07) is 0.0299. The smallest absolute Gasteiger partial charge is 0.320 e. The molecule has 1 aliphatic carbocycles. The number of aromatic nitrogens is 3. The van der Waals surface area contributed by atoms with Crippen LogP contribution in [0.25, 0.3) is 4.96 Å². The van der Waals surface area contributed by atoms with Gasteiger partial charge < -0.3 is 5.11 Å². The number of rotatable bonds is 3. The predicted molar refractivity (Wildman–Crippen MR) is 87.7 cm³/mol. The van der Waals surface area contributed by atoms with E-state index in [0.717, 1.165) is 34.2 Å². The number of likely N-dealkylation sites (tertiary alicyclic amines) is 1. The van der Waals surface area contributed by atoms with Crippen molar-refractivity contribution in [3.8, 4) is 0 Å². The first-order valence-electron chi connectivity index (χ1n) is 8.35. The van der Waals surface area contributed by atoms with Gasteiger partial charge in [0.05, 0.1) is 11.4 Å². The summed E-state index contributed by atoms with van der Waals surface area (Å²) in [6.07, 6.45) is 5.52. The summed E-state index contributed by atoms with van der Waals surface area (Å²) >= 11 is 1.58. The fourth-order valence-corrected chi connectivity index (χ4v) is 5.17. The molecule has 0 bridgehead atoms. The first kappa shape index (κ1) is 15.1. The number of imidazole rings is 1. The summed E-state index contributed by atoms with van der Waals surface area (Å²) in [7, 11) is 0. The van der Waals surface area contributed by atoms with E-state index < -0.39 is 5.97 Å². The second-order valence-corrected chi connectivity index (χ2v) is 7.99. The minimum Gasteiger partial charge on any atom is -0.480 e. The first-order valence-corrected chi connectivity index (χ1v) is 9.16. The second kappa shape index (κ2) is 5.56. The van der Waals surface area contributed by atoms with Gasteiger partial charge in [-0.05, 0) is 39.0 Å². The molecule has 0 amide bonds. The zero-order valence-corrected chi connectivity index (χ0v) is 14.3. The van der Waals surface area contributed by atoms with Crippen molar-refractivity contribution in [1.82, 2.24) is 19.5 Å². The molecule has 3 heterocycles. The molecule has 23 heavy (non-hydrogen) atoms. The predicted octanol–water partition coefficient (Wildman–Crippen LogP) is 2.63. The minimum atomic E-state index is -0.688. The normalized spacial score (nSPS) is 28.3. The van der Waals surface area contributed by atoms with Gasteiger partial charge in [-0.25, -0.2) is 9.50 Å². The number of hydrogen-bond donors (Lipinski definition) is 1. The van der Waals surface area contributed by atoms with Gasteiger partial charge in [0.15, 0.2) is 0 Å². The van der Waals surface area contributed by atoms with Crippen molar-refractivity contribution in [2.24, 2.45) is 5.92 Å². The van der Waals surface area contributed by atoms with Gasteiger partial charge in [0.1, 0.15) is 11.0 Å². The van der Waals surface area contributed by atoms with Gasteiger partial charge >= 0.3 is 5.97 Å². The molecular formula is C16H22N4O2S. The summed E-state index contributed by atoms with van der Waals surface area (Å²) in [5, 5.41) is 15.2. The maximum absolute atomic E-state index is 11.8. The molecule has 3 atom stereocenters. The zero-order valence-electron chi connectivity index (χ0n) is 13.5. The third-order valence-electron chi connectivity index (χ3n) is 5.44. The average Bonchev–Trinajstić information content (AvgIpc) is 3.12. The Bertz CT molecular complexity index is 753. The fourth-order valence-electron chi connectivity index (χ4n) is 4.36. The number of nitrogens with zero attached hydrogens (tertiary/aromatic N) is 4. The lowest BCUT2D eigenvalue weighted by molar-refractivity contribution is -0.142. The Kier molecular flexibility index (Phi) is 3.65. The molecule has 1 saturated heterocycles. The van der Waals surface area contributed by atoms with E-state index in [2.05, 4.69) is 15.0 Å². The van der Waals surface area contributed by atoms with Crippen molar-refractivity contribution in [3.63, 3.8) is 0 Å². The number of carboxylic acids is 1. The van der Waals surface area contributed by atoms with Crippen LogP contribution in [0.3, 0.4) is 0 Å². The molecule has 1 saturated carbocycles. The number of aryl methyl sites for hydroxylation is 2. The molecule has 2 aromatic rings. The van der Waals surface area contributed by atoms with Gasteiger partial charge in [-0.3, -0.25) is 9.69 Å². The van der Waals surface area contributed by atoms with Crippen LogP contribution in [0.4, 0.5) is 0 Å². The molecule has 0 aromatic carbocycles. The highest BCUT2D eigenvalue weighted by atomic mass is 32.1. The lowest BCUT2D eigenvalue weighted by atomic mass is 9.85. The SMILES string of the molecule is Cc1nn2c(CN3C(C(=O)O)CC4CCCCC43)c(C)nc2s1. The third-order valence-corrected chi connectivity index (χ3v) is 6.26. The van der Waals surface area contributed by atoms with Gasteiger partial charge in [0.25, 0.3) is 0 Å². The van der Waals surface area contributed by atoms with Crippen LogP contribution in [0, 0.1) is 19.8 Å². The number of fused-ring (bicyclic) bond motifs is 2. The molecule has 2 aliphatic rings. The summed E-state index contributed by atoms with van der Waals surface area (Å²) in [4.78, 5) is 19.5. The maximum Gasteiger partial charge on any atom is 0.320 e. The van der Waals surface area contributed by atoms with Crippen molar-refractivity contribution in [2.75, 3.05) is 0 Å². The topological polar surface area (TPSA) is 70.7 Å². The summed E-state index contributed by atoms with van der Waals surface area (Å²) in [5.41, 5.74) is 2.01. The van der Waals surface area contributed by atoms with Crippen LogP contribution in [0.5, 0.6) is 0 Å². The summed E-state index contributed by atoms with van der Waals surface area (Å²) in [6.45, 7) is 4.61. The van der Waals surface area contributed by atoms with E-state index in [1.807, 2.05) is 18.4 Å². The first-order chi connectivity index (χ1) is 11.0. The molecule has 1 N–H and O–H groups in total. The molecule has 124 valence electrons. The second-order valence-electron chi connectivity index (χ2n) is 6.83. The lowest BCUT2D eigenvalue weighted by Gasteiger charge is -2.32. The van der Waals surface area contributed by atoms with E-state index in [9.17, 15) is 9.90 Å². The van der Waals surface area contributed by atoms with Crippen molar-refractivity contribution in [3.05, 3.63) is 16.4 Å². The monoisotopic (exact) mass is 334 g/mol. The Hall–Kier alpha value is -1.47. The van der Waals surface area contributed by atoms with Gasteiger partial charge in [-0.2, -0.15) is 5.10 Å². The van der Waals surface area contributed by atoms with Crippen molar-refractivity contribution >= 4 is 22.3 Å². The Labute approximate surface area is 139 Å². The number of carboxylic acid groups (broad SMARTS) is 1. The van der Waals surface area contributed by atoms with Crippen LogP contribution in [0.15, 0.2) is 0 Å². The minimum absolute atomic E-state index is 0.368. The van der Waals surface area contributed by atoms with E-state index >= 15 is 0 Å². The van der Waals surface area contributed by atoms with Crippen LogP contribution in [-0.2, 0) is 11.3 Å². The number of hydrogen-bond acceptors (Lipinski definition) is 5. The Morgan fingerprint density at radius 1 is 1.35 bits per heavy atom. The highest BCUT2D eigenvalue weighted by molar-refractivity contribution is 7.16. The molecule has 6 nitrogen and oxygen atoms in total. The van der Waals surface area contributed by atoms with Crippen LogP contribution < -0.4 is 0 Å². The maximum atomic E-state index is 11.8. The molecule has 7 heteroatoms. The third kappa shape index (κ3) is 2.46. The lowest BCUT2D eigenvalue weighted by Crippen LogP contribution is -2.42. The Balaban J connectivity index is 1.69. The molecule has 2 aromatic heterocycles. The van der Waals surface area contributed by atoms with Crippen molar-refractivity contribution in [1.29, 1.82) is 0 Å². The Morgan fingerprint density at radius 3 is 2.91 bits per heavy atom. The summed E-state index contributed by atoms with van der Waals surface area (Å²) in [5.74, 6) is -0.155. The quantitative estimate of drug-likeness (QED) is 0.934. The van der Waals surface area contributed by atoms with Gasteiger partial charge in [-0.1, -0.05) is 24.2 Å². The van der Waals surface area contributed by atoms with Crippen LogP contribution >= 0.6 is 11.3 Å². The molecule has 0 spiro atoms. The van der Waals surface area contributed by atoms with E-state index in [1.165, 1.54) is 19.3 Å². The summed E-state index contributed by atoms with van der Waals surface area (Å²) < 4.78 is 1.91. The highest BCUT2D eigenvalue weighted by Crippen LogP contribution is 2.40. The van der Waals surface area contributed by atoms with Crippen molar-refractivity contribution < 1.29 is 9.90 Å². The number of aliphatic carboxylic acids is 1. The van der Waals surface area contributed by atoms with E-state index in [0.29, 0.717) is 18.5 Å². The van der Waals surface area contributed by atoms with Crippen LogP contribution in [-0.4, -0.2) is 42.7 Å². The molecule has 1 aliphatic heterocycles. The fraction of sp³-hybridized carbons (Fsp3) is 0.688. The zero-order chi connectivity index (χ0) is 16.1. The molecule has 3 unspecified atom stereocenters. The molecular weight excluding hydrogens is 312 g/mol. The molecule has 0 radical (unpaired) electrons.